The highest BCUT2D eigenvalue weighted by atomic mass is 16.5. The van der Waals surface area contributed by atoms with Crippen molar-refractivity contribution in [1.29, 1.82) is 0 Å². The fourth-order valence-electron chi connectivity index (χ4n) is 2.51. The first kappa shape index (κ1) is 14.5. The first-order valence-electron chi connectivity index (χ1n) is 6.35. The average molecular weight is 243 g/mol. The van der Waals surface area contributed by atoms with Crippen LogP contribution in [0.1, 0.15) is 47.0 Å². The number of rotatable bonds is 4. The Bertz CT molecular complexity index is 258. The molecule has 1 fully saturated rings. The van der Waals surface area contributed by atoms with Gasteiger partial charge in [-0.05, 0) is 40.5 Å². The zero-order valence-electron chi connectivity index (χ0n) is 11.5. The van der Waals surface area contributed by atoms with Crippen LogP contribution in [0.15, 0.2) is 0 Å². The first-order chi connectivity index (χ1) is 7.76. The minimum absolute atomic E-state index is 0.160. The SMILES string of the molecule is CC1(C)CN(C(=O)CCCCO)CC(C)(C)O1. The van der Waals surface area contributed by atoms with Crippen molar-refractivity contribution in [2.24, 2.45) is 0 Å². The monoisotopic (exact) mass is 243 g/mol. The summed E-state index contributed by atoms with van der Waals surface area (Å²) in [5.41, 5.74) is -0.567. The van der Waals surface area contributed by atoms with Crippen LogP contribution in [0.3, 0.4) is 0 Å². The summed E-state index contributed by atoms with van der Waals surface area (Å²) in [5, 5.41) is 8.71. The van der Waals surface area contributed by atoms with Gasteiger partial charge in [0.2, 0.25) is 5.91 Å². The van der Waals surface area contributed by atoms with Gasteiger partial charge in [0.15, 0.2) is 0 Å². The molecule has 0 atom stereocenters. The maximum absolute atomic E-state index is 12.0. The summed E-state index contributed by atoms with van der Waals surface area (Å²) in [4.78, 5) is 13.9. The summed E-state index contributed by atoms with van der Waals surface area (Å²) in [7, 11) is 0. The highest BCUT2D eigenvalue weighted by Gasteiger charge is 2.39. The molecule has 1 aliphatic heterocycles. The summed E-state index contributed by atoms with van der Waals surface area (Å²) in [6, 6.07) is 0. The number of amides is 1. The van der Waals surface area contributed by atoms with E-state index < -0.39 is 0 Å². The van der Waals surface area contributed by atoms with E-state index >= 15 is 0 Å². The molecule has 1 N–H and O–H groups in total. The summed E-state index contributed by atoms with van der Waals surface area (Å²) in [5.74, 6) is 0.169. The minimum atomic E-state index is -0.283. The lowest BCUT2D eigenvalue weighted by Crippen LogP contribution is -2.58. The van der Waals surface area contributed by atoms with Crippen molar-refractivity contribution in [3.63, 3.8) is 0 Å². The van der Waals surface area contributed by atoms with Crippen molar-refractivity contribution >= 4 is 5.91 Å². The van der Waals surface area contributed by atoms with Crippen LogP contribution in [0.2, 0.25) is 0 Å². The maximum Gasteiger partial charge on any atom is 0.222 e. The van der Waals surface area contributed by atoms with Crippen LogP contribution >= 0.6 is 0 Å². The van der Waals surface area contributed by atoms with Gasteiger partial charge in [0, 0.05) is 26.1 Å². The van der Waals surface area contributed by atoms with Gasteiger partial charge < -0.3 is 14.7 Å². The summed E-state index contributed by atoms with van der Waals surface area (Å²) < 4.78 is 5.93. The number of hydrogen-bond acceptors (Lipinski definition) is 3. The van der Waals surface area contributed by atoms with E-state index in [1.165, 1.54) is 0 Å². The molecule has 0 aromatic carbocycles. The van der Waals surface area contributed by atoms with Crippen LogP contribution in [0.25, 0.3) is 0 Å². The zero-order valence-corrected chi connectivity index (χ0v) is 11.5. The molecule has 0 aromatic rings. The molecule has 100 valence electrons. The minimum Gasteiger partial charge on any atom is -0.396 e. The van der Waals surface area contributed by atoms with Crippen LogP contribution in [-0.4, -0.2) is 46.8 Å². The second-order valence-corrected chi connectivity index (χ2v) is 6.05. The fourth-order valence-corrected chi connectivity index (χ4v) is 2.51. The van der Waals surface area contributed by atoms with Crippen molar-refractivity contribution in [3.8, 4) is 0 Å². The van der Waals surface area contributed by atoms with Gasteiger partial charge in [-0.25, -0.2) is 0 Å². The molecule has 0 radical (unpaired) electrons. The topological polar surface area (TPSA) is 49.8 Å². The number of hydrogen-bond donors (Lipinski definition) is 1. The van der Waals surface area contributed by atoms with Crippen molar-refractivity contribution in [2.75, 3.05) is 19.7 Å². The molecule has 1 amide bonds. The molecule has 0 spiro atoms. The number of carbonyl (C=O) groups excluding carboxylic acids is 1. The van der Waals surface area contributed by atoms with Gasteiger partial charge in [0.25, 0.3) is 0 Å². The summed E-state index contributed by atoms with van der Waals surface area (Å²) in [6.45, 7) is 9.52. The maximum atomic E-state index is 12.0. The summed E-state index contributed by atoms with van der Waals surface area (Å²) >= 11 is 0. The molecule has 0 saturated carbocycles. The molecule has 0 unspecified atom stereocenters. The Labute approximate surface area is 104 Å². The molecular weight excluding hydrogens is 218 g/mol. The Morgan fingerprint density at radius 2 is 1.71 bits per heavy atom. The predicted molar refractivity (Wildman–Crippen MR) is 66.8 cm³/mol. The second kappa shape index (κ2) is 5.36. The fraction of sp³-hybridized carbons (Fsp3) is 0.923. The van der Waals surface area contributed by atoms with Crippen LogP contribution in [0.4, 0.5) is 0 Å². The third-order valence-electron chi connectivity index (χ3n) is 2.85. The zero-order chi connectivity index (χ0) is 13.1. The van der Waals surface area contributed by atoms with Crippen molar-refractivity contribution in [2.45, 2.75) is 58.2 Å². The second-order valence-electron chi connectivity index (χ2n) is 6.05. The Kier molecular flexibility index (Phi) is 4.55. The van der Waals surface area contributed by atoms with Crippen LogP contribution < -0.4 is 0 Å². The lowest BCUT2D eigenvalue weighted by atomic mass is 9.98. The molecule has 1 aliphatic rings. The highest BCUT2D eigenvalue weighted by Crippen LogP contribution is 2.28. The van der Waals surface area contributed by atoms with E-state index in [-0.39, 0.29) is 23.7 Å². The highest BCUT2D eigenvalue weighted by molar-refractivity contribution is 5.76. The number of aliphatic hydroxyl groups excluding tert-OH is 1. The molecular formula is C13H25NO3. The number of morpholine rings is 1. The van der Waals surface area contributed by atoms with E-state index in [9.17, 15) is 4.79 Å². The van der Waals surface area contributed by atoms with Crippen molar-refractivity contribution in [3.05, 3.63) is 0 Å². The number of carbonyl (C=O) groups is 1. The molecule has 0 aliphatic carbocycles. The molecule has 0 bridgehead atoms. The van der Waals surface area contributed by atoms with E-state index in [0.717, 1.165) is 6.42 Å². The quantitative estimate of drug-likeness (QED) is 0.762. The van der Waals surface area contributed by atoms with Crippen LogP contribution in [-0.2, 0) is 9.53 Å². The van der Waals surface area contributed by atoms with Gasteiger partial charge in [0.1, 0.15) is 0 Å². The number of ether oxygens (including phenoxy) is 1. The number of aliphatic hydroxyl groups is 1. The molecule has 4 heteroatoms. The van der Waals surface area contributed by atoms with Crippen molar-refractivity contribution in [1.82, 2.24) is 4.90 Å². The first-order valence-corrected chi connectivity index (χ1v) is 6.35. The number of unbranched alkanes of at least 4 members (excludes halogenated alkanes) is 1. The Morgan fingerprint density at radius 3 is 2.18 bits per heavy atom. The Balaban J connectivity index is 2.55. The molecule has 1 rings (SSSR count). The largest absolute Gasteiger partial charge is 0.396 e. The lowest BCUT2D eigenvalue weighted by Gasteiger charge is -2.47. The van der Waals surface area contributed by atoms with Gasteiger partial charge in [0.05, 0.1) is 11.2 Å². The van der Waals surface area contributed by atoms with Crippen molar-refractivity contribution < 1.29 is 14.6 Å². The Morgan fingerprint density at radius 1 is 1.18 bits per heavy atom. The van der Waals surface area contributed by atoms with Gasteiger partial charge >= 0.3 is 0 Å². The summed E-state index contributed by atoms with van der Waals surface area (Å²) in [6.07, 6.45) is 1.98. The van der Waals surface area contributed by atoms with E-state index in [2.05, 4.69) is 0 Å². The molecule has 17 heavy (non-hydrogen) atoms. The van der Waals surface area contributed by atoms with Gasteiger partial charge in [-0.2, -0.15) is 0 Å². The van der Waals surface area contributed by atoms with E-state index in [4.69, 9.17) is 9.84 Å². The third kappa shape index (κ3) is 4.64. The van der Waals surface area contributed by atoms with Crippen LogP contribution in [0.5, 0.6) is 0 Å². The van der Waals surface area contributed by atoms with Gasteiger partial charge in [-0.15, -0.1) is 0 Å². The van der Waals surface area contributed by atoms with E-state index in [1.54, 1.807) is 0 Å². The smallest absolute Gasteiger partial charge is 0.222 e. The lowest BCUT2D eigenvalue weighted by molar-refractivity contribution is -0.188. The number of nitrogens with zero attached hydrogens (tertiary/aromatic N) is 1. The van der Waals surface area contributed by atoms with Gasteiger partial charge in [-0.1, -0.05) is 0 Å². The Hall–Kier alpha value is -0.610. The average Bonchev–Trinajstić information content (AvgIpc) is 2.13. The molecule has 1 heterocycles. The molecule has 0 aromatic heterocycles. The van der Waals surface area contributed by atoms with E-state index in [1.807, 2.05) is 32.6 Å². The molecule has 1 saturated heterocycles. The normalized spacial score (nSPS) is 22.5. The van der Waals surface area contributed by atoms with E-state index in [0.29, 0.717) is 25.9 Å². The molecule has 4 nitrogen and oxygen atoms in total. The predicted octanol–water partition coefficient (Wildman–Crippen LogP) is 1.56. The van der Waals surface area contributed by atoms with Gasteiger partial charge in [-0.3, -0.25) is 4.79 Å². The standard InChI is InChI=1S/C13H25NO3/c1-12(2)9-14(10-13(3,4)17-12)11(16)7-5-6-8-15/h15H,5-10H2,1-4H3. The van der Waals surface area contributed by atoms with Crippen LogP contribution in [0, 0.1) is 0 Å². The third-order valence-corrected chi connectivity index (χ3v) is 2.85.